The number of nitriles is 1. The van der Waals surface area contributed by atoms with E-state index in [0.29, 0.717) is 5.56 Å². The molecular formula is C28H30N6. The number of hydrogen-bond donors (Lipinski definition) is 2. The number of nitrogens with one attached hydrogen (secondary N) is 1. The van der Waals surface area contributed by atoms with Gasteiger partial charge in [-0.1, -0.05) is 6.07 Å². The lowest BCUT2D eigenvalue weighted by Crippen LogP contribution is -2.47. The lowest BCUT2D eigenvalue weighted by Gasteiger charge is -2.37. The quantitative estimate of drug-likeness (QED) is 0.481. The number of pyridine rings is 1. The summed E-state index contributed by atoms with van der Waals surface area (Å²) in [5.74, 6) is 0. The lowest BCUT2D eigenvalue weighted by atomic mass is 9.92. The van der Waals surface area contributed by atoms with Crippen LogP contribution in [0.5, 0.6) is 0 Å². The van der Waals surface area contributed by atoms with E-state index in [1.54, 1.807) is 0 Å². The molecule has 3 heterocycles. The van der Waals surface area contributed by atoms with Gasteiger partial charge in [-0.05, 0) is 73.6 Å². The second kappa shape index (κ2) is 8.66. The molecule has 6 rings (SSSR count). The number of benzene rings is 2. The summed E-state index contributed by atoms with van der Waals surface area (Å²) >= 11 is 0. The van der Waals surface area contributed by atoms with Gasteiger partial charge in [0.25, 0.3) is 0 Å². The average molecular weight is 451 g/mol. The number of piperazine rings is 1. The molecule has 1 fully saturated rings. The fourth-order valence-corrected chi connectivity index (χ4v) is 5.71. The van der Waals surface area contributed by atoms with Crippen LogP contribution in [-0.2, 0) is 19.3 Å². The fraction of sp³-hybridized carbons (Fsp3) is 0.357. The molecule has 1 saturated heterocycles. The second-order valence-electron chi connectivity index (χ2n) is 9.59. The van der Waals surface area contributed by atoms with Crippen molar-refractivity contribution in [2.75, 3.05) is 43.4 Å². The molecular weight excluding hydrogens is 420 g/mol. The molecule has 0 spiro atoms. The topological polar surface area (TPSA) is 85.0 Å². The minimum Gasteiger partial charge on any atom is -0.398 e. The molecule has 2 aliphatic rings. The number of nitrogen functional groups attached to an aromatic ring is 1. The normalized spacial score (nSPS) is 16.6. The molecule has 6 nitrogen and oxygen atoms in total. The van der Waals surface area contributed by atoms with Crippen LogP contribution in [0, 0.1) is 11.3 Å². The summed E-state index contributed by atoms with van der Waals surface area (Å²) in [5, 5.41) is 11.5. The van der Waals surface area contributed by atoms with E-state index in [-0.39, 0.29) is 0 Å². The predicted octanol–water partition coefficient (Wildman–Crippen LogP) is 4.41. The van der Waals surface area contributed by atoms with Crippen LogP contribution in [0.1, 0.15) is 35.2 Å². The number of fused-ring (bicyclic) bond motifs is 3. The van der Waals surface area contributed by atoms with E-state index in [1.165, 1.54) is 40.7 Å². The van der Waals surface area contributed by atoms with Gasteiger partial charge in [-0.3, -0.25) is 9.88 Å². The highest BCUT2D eigenvalue weighted by atomic mass is 15.3. The summed E-state index contributed by atoms with van der Waals surface area (Å²) in [6.07, 6.45) is 7.59. The fourth-order valence-electron chi connectivity index (χ4n) is 5.71. The molecule has 4 aromatic rings. The van der Waals surface area contributed by atoms with Gasteiger partial charge in [0.2, 0.25) is 0 Å². The van der Waals surface area contributed by atoms with Gasteiger partial charge in [-0.2, -0.15) is 5.26 Å². The van der Waals surface area contributed by atoms with Crippen molar-refractivity contribution in [1.29, 1.82) is 5.26 Å². The Hall–Kier alpha value is -3.56. The first kappa shape index (κ1) is 21.0. The van der Waals surface area contributed by atoms with Crippen molar-refractivity contribution >= 4 is 33.2 Å². The van der Waals surface area contributed by atoms with Crippen LogP contribution in [0.15, 0.2) is 42.6 Å². The highest BCUT2D eigenvalue weighted by molar-refractivity contribution is 6.02. The molecule has 1 aliphatic heterocycles. The van der Waals surface area contributed by atoms with Crippen LogP contribution < -0.4 is 10.6 Å². The molecule has 34 heavy (non-hydrogen) atoms. The van der Waals surface area contributed by atoms with Crippen molar-refractivity contribution in [3.8, 4) is 6.07 Å². The maximum absolute atomic E-state index is 9.23. The molecule has 6 heteroatoms. The summed E-state index contributed by atoms with van der Waals surface area (Å²) in [5.41, 5.74) is 15.5. The largest absolute Gasteiger partial charge is 0.398 e. The van der Waals surface area contributed by atoms with E-state index in [9.17, 15) is 5.26 Å². The van der Waals surface area contributed by atoms with Gasteiger partial charge in [-0.25, -0.2) is 0 Å². The first-order chi connectivity index (χ1) is 16.7. The zero-order chi connectivity index (χ0) is 23.1. The molecule has 0 atom stereocenters. The van der Waals surface area contributed by atoms with E-state index >= 15 is 0 Å². The van der Waals surface area contributed by atoms with Crippen molar-refractivity contribution in [1.82, 2.24) is 14.9 Å². The molecule has 1 aliphatic carbocycles. The Labute approximate surface area is 200 Å². The molecule has 3 N–H and O–H groups in total. The summed E-state index contributed by atoms with van der Waals surface area (Å²) < 4.78 is 0. The molecule has 0 radical (unpaired) electrons. The van der Waals surface area contributed by atoms with E-state index in [1.807, 2.05) is 18.2 Å². The number of aromatic nitrogens is 2. The molecule has 2 aromatic carbocycles. The lowest BCUT2D eigenvalue weighted by molar-refractivity contribution is 0.261. The SMILES string of the molecule is N#Cc1ccc2[nH]cc(CCN3CCN(c4cccc5nc6c(c(N)c45)CCCC6)CC3)c2c1. The second-order valence-corrected chi connectivity index (χ2v) is 9.59. The van der Waals surface area contributed by atoms with Crippen LogP contribution in [0.2, 0.25) is 0 Å². The Morgan fingerprint density at radius 1 is 1.06 bits per heavy atom. The predicted molar refractivity (Wildman–Crippen MR) is 138 cm³/mol. The van der Waals surface area contributed by atoms with E-state index in [0.717, 1.165) is 74.1 Å². The van der Waals surface area contributed by atoms with Gasteiger partial charge in [-0.15, -0.1) is 0 Å². The van der Waals surface area contributed by atoms with E-state index in [4.69, 9.17) is 10.7 Å². The van der Waals surface area contributed by atoms with Gasteiger partial charge < -0.3 is 15.6 Å². The molecule has 2 aromatic heterocycles. The third-order valence-corrected chi connectivity index (χ3v) is 7.62. The standard InChI is InChI=1S/C28H30N6/c29-17-19-8-9-23-22(16-19)20(18-31-23)10-11-33-12-14-34(15-13-33)26-7-3-6-25-27(26)28(30)21-4-1-2-5-24(21)32-25/h3,6-9,16,18,31H,1-2,4-5,10-15H2,(H2,30,32). The van der Waals surface area contributed by atoms with Gasteiger partial charge >= 0.3 is 0 Å². The summed E-state index contributed by atoms with van der Waals surface area (Å²) in [4.78, 5) is 13.4. The Bertz CT molecular complexity index is 1400. The third kappa shape index (κ3) is 3.66. The number of anilines is 2. The maximum Gasteiger partial charge on any atom is 0.0991 e. The minimum absolute atomic E-state index is 0.715. The smallest absolute Gasteiger partial charge is 0.0991 e. The molecule has 172 valence electrons. The van der Waals surface area contributed by atoms with Gasteiger partial charge in [0.15, 0.2) is 0 Å². The number of rotatable bonds is 4. The van der Waals surface area contributed by atoms with Crippen molar-refractivity contribution in [3.63, 3.8) is 0 Å². The number of nitrogens with two attached hydrogens (primary N) is 1. The van der Waals surface area contributed by atoms with Gasteiger partial charge in [0.1, 0.15) is 0 Å². The van der Waals surface area contributed by atoms with Crippen LogP contribution in [0.3, 0.4) is 0 Å². The van der Waals surface area contributed by atoms with E-state index < -0.39 is 0 Å². The summed E-state index contributed by atoms with van der Waals surface area (Å²) in [7, 11) is 0. The van der Waals surface area contributed by atoms with Gasteiger partial charge in [0.05, 0.1) is 17.1 Å². The third-order valence-electron chi connectivity index (χ3n) is 7.62. The molecule has 0 unspecified atom stereocenters. The molecule has 0 bridgehead atoms. The first-order valence-corrected chi connectivity index (χ1v) is 12.4. The van der Waals surface area contributed by atoms with Crippen LogP contribution in [0.25, 0.3) is 21.8 Å². The minimum atomic E-state index is 0.715. The Morgan fingerprint density at radius 3 is 2.76 bits per heavy atom. The Kier molecular flexibility index (Phi) is 5.35. The number of H-pyrrole nitrogens is 1. The highest BCUT2D eigenvalue weighted by Crippen LogP contribution is 2.37. The van der Waals surface area contributed by atoms with Gasteiger partial charge in [0, 0.05) is 72.3 Å². The van der Waals surface area contributed by atoms with Crippen LogP contribution in [0.4, 0.5) is 11.4 Å². The number of aryl methyl sites for hydroxylation is 1. The molecule has 0 saturated carbocycles. The monoisotopic (exact) mass is 450 g/mol. The van der Waals surface area contributed by atoms with E-state index in [2.05, 4.69) is 45.2 Å². The highest BCUT2D eigenvalue weighted by Gasteiger charge is 2.23. The number of aromatic amines is 1. The van der Waals surface area contributed by atoms with Crippen molar-refractivity contribution in [2.45, 2.75) is 32.1 Å². The number of nitrogens with zero attached hydrogens (tertiary/aromatic N) is 4. The first-order valence-electron chi connectivity index (χ1n) is 12.4. The average Bonchev–Trinajstić information content (AvgIpc) is 3.29. The van der Waals surface area contributed by atoms with Crippen molar-refractivity contribution in [3.05, 3.63) is 65.0 Å². The maximum atomic E-state index is 9.23. The van der Waals surface area contributed by atoms with Crippen molar-refractivity contribution in [2.24, 2.45) is 0 Å². The summed E-state index contributed by atoms with van der Waals surface area (Å²) in [6.45, 7) is 5.05. The zero-order valence-corrected chi connectivity index (χ0v) is 19.5. The van der Waals surface area contributed by atoms with Crippen molar-refractivity contribution < 1.29 is 0 Å². The van der Waals surface area contributed by atoms with Crippen LogP contribution in [-0.4, -0.2) is 47.6 Å². The zero-order valence-electron chi connectivity index (χ0n) is 19.5. The Morgan fingerprint density at radius 2 is 1.91 bits per heavy atom. The molecule has 0 amide bonds. The summed E-state index contributed by atoms with van der Waals surface area (Å²) in [6, 6.07) is 14.6. The van der Waals surface area contributed by atoms with Crippen LogP contribution >= 0.6 is 0 Å². The Balaban J connectivity index is 1.17. The number of hydrogen-bond acceptors (Lipinski definition) is 5.